The van der Waals surface area contributed by atoms with Crippen LogP contribution in [0.1, 0.15) is 36.9 Å². The average Bonchev–Trinajstić information content (AvgIpc) is 2.38. The third-order valence-corrected chi connectivity index (χ3v) is 4.49. The van der Waals surface area contributed by atoms with Gasteiger partial charge in [0.15, 0.2) is 0 Å². The first-order valence-corrected chi connectivity index (χ1v) is 8.12. The Morgan fingerprint density at radius 3 is 2.45 bits per heavy atom. The number of methoxy groups -OCH3 is 1. The molecule has 6 heteroatoms. The van der Waals surface area contributed by atoms with Crippen molar-refractivity contribution < 1.29 is 17.9 Å². The molecule has 0 saturated carbocycles. The number of benzene rings is 1. The Balaban J connectivity index is 2.53. The summed E-state index contributed by atoms with van der Waals surface area (Å²) in [6.45, 7) is 3.77. The van der Waals surface area contributed by atoms with Crippen LogP contribution in [0.15, 0.2) is 24.3 Å². The van der Waals surface area contributed by atoms with E-state index in [-0.39, 0.29) is 24.6 Å². The van der Waals surface area contributed by atoms with E-state index in [0.717, 1.165) is 11.1 Å². The van der Waals surface area contributed by atoms with E-state index in [4.69, 9.17) is 0 Å². The summed E-state index contributed by atoms with van der Waals surface area (Å²) >= 11 is 0. The minimum atomic E-state index is -3.40. The van der Waals surface area contributed by atoms with Crippen LogP contribution in [0, 0.1) is 6.92 Å². The summed E-state index contributed by atoms with van der Waals surface area (Å²) in [4.78, 5) is 10.9. The Hall–Kier alpha value is -1.40. The Kier molecular flexibility index (Phi) is 6.16. The van der Waals surface area contributed by atoms with Crippen molar-refractivity contribution in [2.45, 2.75) is 32.7 Å². The molecule has 20 heavy (non-hydrogen) atoms. The average molecular weight is 299 g/mol. The summed E-state index contributed by atoms with van der Waals surface area (Å²) < 4.78 is 30.9. The second-order valence-electron chi connectivity index (χ2n) is 4.75. The highest BCUT2D eigenvalue weighted by molar-refractivity contribution is 7.89. The lowest BCUT2D eigenvalue weighted by atomic mass is 10.1. The molecule has 0 spiro atoms. The fraction of sp³-hybridized carbons (Fsp3) is 0.500. The third-order valence-electron chi connectivity index (χ3n) is 2.96. The van der Waals surface area contributed by atoms with Gasteiger partial charge in [-0.25, -0.2) is 13.1 Å². The van der Waals surface area contributed by atoms with Crippen LogP contribution in [0.25, 0.3) is 0 Å². The van der Waals surface area contributed by atoms with Crippen molar-refractivity contribution >= 4 is 16.0 Å². The van der Waals surface area contributed by atoms with E-state index in [0.29, 0.717) is 0 Å². The van der Waals surface area contributed by atoms with Gasteiger partial charge in [0.1, 0.15) is 0 Å². The van der Waals surface area contributed by atoms with Crippen LogP contribution >= 0.6 is 0 Å². The fourth-order valence-electron chi connectivity index (χ4n) is 1.76. The van der Waals surface area contributed by atoms with Crippen LogP contribution in [0.4, 0.5) is 0 Å². The highest BCUT2D eigenvalue weighted by Gasteiger charge is 2.16. The predicted octanol–water partition coefficient (Wildman–Crippen LogP) is 1.93. The first kappa shape index (κ1) is 16.7. The molecule has 0 aliphatic carbocycles. The summed E-state index contributed by atoms with van der Waals surface area (Å²) in [5.41, 5.74) is 2.04. The topological polar surface area (TPSA) is 72.5 Å². The van der Waals surface area contributed by atoms with E-state index in [1.807, 2.05) is 31.2 Å². The van der Waals surface area contributed by atoms with E-state index < -0.39 is 16.0 Å². The van der Waals surface area contributed by atoms with Crippen molar-refractivity contribution in [2.75, 3.05) is 12.9 Å². The van der Waals surface area contributed by atoms with Gasteiger partial charge in [0.25, 0.3) is 0 Å². The third kappa shape index (κ3) is 5.71. The fourth-order valence-corrected chi connectivity index (χ4v) is 3.08. The number of nitrogens with one attached hydrogen (secondary N) is 1. The minimum absolute atomic E-state index is 0.0850. The van der Waals surface area contributed by atoms with Gasteiger partial charge in [-0.15, -0.1) is 0 Å². The molecule has 0 aliphatic heterocycles. The molecule has 0 aromatic heterocycles. The maximum absolute atomic E-state index is 11.9. The second-order valence-corrected chi connectivity index (χ2v) is 6.62. The molecular weight excluding hydrogens is 278 g/mol. The molecule has 1 rings (SSSR count). The zero-order valence-electron chi connectivity index (χ0n) is 12.0. The van der Waals surface area contributed by atoms with Crippen LogP contribution in [0.5, 0.6) is 0 Å². The van der Waals surface area contributed by atoms with Gasteiger partial charge in [-0.2, -0.15) is 0 Å². The lowest BCUT2D eigenvalue weighted by Crippen LogP contribution is -2.29. The molecule has 0 fully saturated rings. The Bertz CT molecular complexity index is 537. The number of rotatable bonds is 7. The van der Waals surface area contributed by atoms with E-state index in [1.165, 1.54) is 7.11 Å². The lowest BCUT2D eigenvalue weighted by Gasteiger charge is -2.14. The maximum atomic E-state index is 11.9. The highest BCUT2D eigenvalue weighted by atomic mass is 32.2. The quantitative estimate of drug-likeness (QED) is 0.781. The molecule has 0 aliphatic rings. The van der Waals surface area contributed by atoms with Crippen molar-refractivity contribution in [2.24, 2.45) is 0 Å². The van der Waals surface area contributed by atoms with Gasteiger partial charge in [-0.3, -0.25) is 4.79 Å². The molecule has 1 aromatic carbocycles. The molecule has 0 bridgehead atoms. The summed E-state index contributed by atoms with van der Waals surface area (Å²) in [7, 11) is -2.11. The summed E-state index contributed by atoms with van der Waals surface area (Å²) in [6, 6.07) is 7.39. The van der Waals surface area contributed by atoms with E-state index in [1.54, 1.807) is 6.92 Å². The first-order valence-electron chi connectivity index (χ1n) is 6.47. The number of aryl methyl sites for hydroxylation is 1. The van der Waals surface area contributed by atoms with Crippen LogP contribution < -0.4 is 4.72 Å². The van der Waals surface area contributed by atoms with Crippen LogP contribution in [0.3, 0.4) is 0 Å². The Morgan fingerprint density at radius 1 is 1.30 bits per heavy atom. The van der Waals surface area contributed by atoms with Crippen LogP contribution in [0.2, 0.25) is 0 Å². The molecule has 0 heterocycles. The van der Waals surface area contributed by atoms with Gasteiger partial charge in [0, 0.05) is 12.5 Å². The number of ether oxygens (including phenoxy) is 1. The highest BCUT2D eigenvalue weighted by Crippen LogP contribution is 2.14. The van der Waals surface area contributed by atoms with Gasteiger partial charge < -0.3 is 4.74 Å². The SMILES string of the molecule is COC(=O)CCCS(=O)(=O)N[C@H](C)c1ccc(C)cc1. The predicted molar refractivity (Wildman–Crippen MR) is 77.8 cm³/mol. The van der Waals surface area contributed by atoms with Gasteiger partial charge >= 0.3 is 5.97 Å². The van der Waals surface area contributed by atoms with Gasteiger partial charge in [-0.05, 0) is 25.8 Å². The molecule has 1 atom stereocenters. The number of sulfonamides is 1. The Labute approximate surface area is 120 Å². The van der Waals surface area contributed by atoms with Crippen molar-refractivity contribution in [3.63, 3.8) is 0 Å². The van der Waals surface area contributed by atoms with Gasteiger partial charge in [0.05, 0.1) is 12.9 Å². The summed E-state index contributed by atoms with van der Waals surface area (Å²) in [5, 5.41) is 0. The number of hydrogen-bond donors (Lipinski definition) is 1. The van der Waals surface area contributed by atoms with Crippen LogP contribution in [-0.4, -0.2) is 27.2 Å². The van der Waals surface area contributed by atoms with Crippen molar-refractivity contribution in [3.05, 3.63) is 35.4 Å². The number of esters is 1. The maximum Gasteiger partial charge on any atom is 0.305 e. The standard InChI is InChI=1S/C14H21NO4S/c1-11-6-8-13(9-7-11)12(2)15-20(17,18)10-4-5-14(16)19-3/h6-9,12,15H,4-5,10H2,1-3H3/t12-/m1/s1. The minimum Gasteiger partial charge on any atom is -0.469 e. The zero-order valence-corrected chi connectivity index (χ0v) is 12.9. The molecule has 1 aromatic rings. The molecule has 0 radical (unpaired) electrons. The number of carbonyl (C=O) groups excluding carboxylic acids is 1. The molecular formula is C14H21NO4S. The zero-order chi connectivity index (χ0) is 15.2. The van der Waals surface area contributed by atoms with Crippen molar-refractivity contribution in [1.29, 1.82) is 0 Å². The van der Waals surface area contributed by atoms with Crippen molar-refractivity contribution in [1.82, 2.24) is 4.72 Å². The summed E-state index contributed by atoms with van der Waals surface area (Å²) in [5.74, 6) is -0.482. The first-order chi connectivity index (χ1) is 9.34. The lowest BCUT2D eigenvalue weighted by molar-refractivity contribution is -0.140. The Morgan fingerprint density at radius 2 is 1.90 bits per heavy atom. The van der Waals surface area contributed by atoms with E-state index in [2.05, 4.69) is 9.46 Å². The normalized spacial score (nSPS) is 12.9. The van der Waals surface area contributed by atoms with E-state index in [9.17, 15) is 13.2 Å². The van der Waals surface area contributed by atoms with Gasteiger partial charge in [0.2, 0.25) is 10.0 Å². The molecule has 0 unspecified atom stereocenters. The van der Waals surface area contributed by atoms with Crippen molar-refractivity contribution in [3.8, 4) is 0 Å². The monoisotopic (exact) mass is 299 g/mol. The second kappa shape index (κ2) is 7.40. The van der Waals surface area contributed by atoms with Crippen LogP contribution in [-0.2, 0) is 19.6 Å². The number of hydrogen-bond acceptors (Lipinski definition) is 4. The molecule has 112 valence electrons. The summed E-state index contributed by atoms with van der Waals surface area (Å²) in [6.07, 6.45) is 0.360. The smallest absolute Gasteiger partial charge is 0.305 e. The molecule has 0 amide bonds. The molecule has 1 N–H and O–H groups in total. The van der Waals surface area contributed by atoms with E-state index >= 15 is 0 Å². The molecule has 0 saturated heterocycles. The van der Waals surface area contributed by atoms with Gasteiger partial charge in [-0.1, -0.05) is 29.8 Å². The largest absolute Gasteiger partial charge is 0.469 e. The molecule has 5 nitrogen and oxygen atoms in total. The number of carbonyl (C=O) groups is 1.